The van der Waals surface area contributed by atoms with Crippen LogP contribution in [-0.2, 0) is 19.3 Å². The van der Waals surface area contributed by atoms with Gasteiger partial charge < -0.3 is 14.6 Å². The Kier molecular flexibility index (Phi) is 5.99. The van der Waals surface area contributed by atoms with Crippen LogP contribution in [0.5, 0.6) is 5.75 Å². The molecule has 0 aliphatic heterocycles. The zero-order chi connectivity index (χ0) is 19.7. The Morgan fingerprint density at radius 2 is 1.93 bits per heavy atom. The summed E-state index contributed by atoms with van der Waals surface area (Å²) in [6.45, 7) is 2.15. The van der Waals surface area contributed by atoms with Crippen molar-refractivity contribution in [3.8, 4) is 5.75 Å². The van der Waals surface area contributed by atoms with E-state index in [4.69, 9.17) is 0 Å². The van der Waals surface area contributed by atoms with Crippen molar-refractivity contribution in [3.63, 3.8) is 0 Å². The van der Waals surface area contributed by atoms with Gasteiger partial charge in [0.15, 0.2) is 5.78 Å². The summed E-state index contributed by atoms with van der Waals surface area (Å²) in [4.78, 5) is 15.8. The van der Waals surface area contributed by atoms with Gasteiger partial charge in [-0.1, -0.05) is 18.2 Å². The zero-order valence-corrected chi connectivity index (χ0v) is 18.3. The third-order valence-corrected chi connectivity index (χ3v) is 6.21. The molecule has 0 atom stereocenters. The predicted octanol–water partition coefficient (Wildman–Crippen LogP) is 5.20. The van der Waals surface area contributed by atoms with E-state index in [0.717, 1.165) is 27.1 Å². The summed E-state index contributed by atoms with van der Waals surface area (Å²) in [7, 11) is 5.89. The quantitative estimate of drug-likeness (QED) is 0.417. The molecular formula is C21H23BrN2O2S. The number of carbonyl (C=O) groups is 1. The second-order valence-electron chi connectivity index (χ2n) is 6.86. The van der Waals surface area contributed by atoms with Crippen molar-refractivity contribution in [2.45, 2.75) is 24.1 Å². The first-order valence-electron chi connectivity index (χ1n) is 8.66. The van der Waals surface area contributed by atoms with Gasteiger partial charge in [-0.25, -0.2) is 0 Å². The largest absolute Gasteiger partial charge is 0.506 e. The number of aromatic hydroxyl groups is 1. The Balaban J connectivity index is 2.20. The highest BCUT2D eigenvalue weighted by molar-refractivity contribution is 9.10. The number of thioether (sulfide) groups is 1. The van der Waals surface area contributed by atoms with Crippen LogP contribution in [0.3, 0.4) is 0 Å². The first-order chi connectivity index (χ1) is 12.8. The second kappa shape index (κ2) is 8.09. The lowest BCUT2D eigenvalue weighted by atomic mass is 10.0. The van der Waals surface area contributed by atoms with E-state index >= 15 is 0 Å². The number of Topliss-reactive ketones (excluding diaryl/α,β-unsaturated/α-hetero) is 1. The van der Waals surface area contributed by atoms with Crippen molar-refractivity contribution in [1.29, 1.82) is 0 Å². The molecule has 0 aliphatic rings. The van der Waals surface area contributed by atoms with Gasteiger partial charge in [0, 0.05) is 46.4 Å². The summed E-state index contributed by atoms with van der Waals surface area (Å²) < 4.78 is 2.72. The molecule has 0 radical (unpaired) electrons. The lowest BCUT2D eigenvalue weighted by molar-refractivity contribution is 0.101. The number of benzene rings is 2. The fourth-order valence-electron chi connectivity index (χ4n) is 3.37. The lowest BCUT2D eigenvalue weighted by Gasteiger charge is -2.14. The van der Waals surface area contributed by atoms with Crippen molar-refractivity contribution in [1.82, 2.24) is 9.47 Å². The van der Waals surface area contributed by atoms with Crippen molar-refractivity contribution in [2.24, 2.45) is 7.05 Å². The molecule has 3 rings (SSSR count). The Labute approximate surface area is 172 Å². The fraction of sp³-hybridized carbons (Fsp3) is 0.286. The molecule has 1 aromatic heterocycles. The van der Waals surface area contributed by atoms with Crippen LogP contribution in [0.2, 0.25) is 0 Å². The monoisotopic (exact) mass is 446 g/mol. The summed E-state index contributed by atoms with van der Waals surface area (Å²) in [5, 5.41) is 11.5. The molecule has 6 heteroatoms. The Morgan fingerprint density at radius 1 is 1.26 bits per heavy atom. The number of rotatable bonds is 6. The van der Waals surface area contributed by atoms with Crippen molar-refractivity contribution >= 4 is 44.4 Å². The number of halogens is 1. The predicted molar refractivity (Wildman–Crippen MR) is 116 cm³/mol. The van der Waals surface area contributed by atoms with Crippen LogP contribution in [-0.4, -0.2) is 34.5 Å². The van der Waals surface area contributed by atoms with E-state index in [-0.39, 0.29) is 11.5 Å². The summed E-state index contributed by atoms with van der Waals surface area (Å²) in [5.41, 5.74) is 3.41. The number of ketones is 1. The van der Waals surface area contributed by atoms with Gasteiger partial charge in [0.25, 0.3) is 0 Å². The van der Waals surface area contributed by atoms with E-state index in [2.05, 4.69) is 32.6 Å². The summed E-state index contributed by atoms with van der Waals surface area (Å²) in [5.74, 6) is 0.904. The topological polar surface area (TPSA) is 45.5 Å². The first kappa shape index (κ1) is 20.0. The van der Waals surface area contributed by atoms with Gasteiger partial charge in [-0.05, 0) is 55.1 Å². The second-order valence-corrected chi connectivity index (χ2v) is 8.76. The number of phenolic OH excluding ortho intramolecular Hbond substituents is 1. The number of carbonyl (C=O) groups excluding carboxylic acids is 1. The molecule has 0 spiro atoms. The molecule has 0 saturated heterocycles. The number of hydrogen-bond donors (Lipinski definition) is 1. The van der Waals surface area contributed by atoms with E-state index < -0.39 is 0 Å². The van der Waals surface area contributed by atoms with Crippen molar-refractivity contribution < 1.29 is 9.90 Å². The highest BCUT2D eigenvalue weighted by atomic mass is 79.9. The van der Waals surface area contributed by atoms with Crippen molar-refractivity contribution in [2.75, 3.05) is 14.1 Å². The molecule has 1 N–H and O–H groups in total. The van der Waals surface area contributed by atoms with Crippen LogP contribution < -0.4 is 0 Å². The SMILES string of the molecule is CC(=O)c1c(CSc2ccccc2)n(C)c2cc(Br)c(O)c(CN(C)C)c12. The number of aromatic nitrogens is 1. The molecule has 27 heavy (non-hydrogen) atoms. The number of nitrogens with zero attached hydrogens (tertiary/aromatic N) is 2. The average Bonchev–Trinajstić information content (AvgIpc) is 2.90. The lowest BCUT2D eigenvalue weighted by Crippen LogP contribution is -2.12. The van der Waals surface area contributed by atoms with E-state index in [1.165, 1.54) is 0 Å². The molecule has 0 saturated carbocycles. The highest BCUT2D eigenvalue weighted by Gasteiger charge is 2.24. The normalized spacial score (nSPS) is 11.5. The Bertz CT molecular complexity index is 997. The van der Waals surface area contributed by atoms with E-state index in [1.54, 1.807) is 18.7 Å². The maximum atomic E-state index is 12.6. The van der Waals surface area contributed by atoms with Gasteiger partial charge in [0.1, 0.15) is 5.75 Å². The number of hydrogen-bond acceptors (Lipinski definition) is 4. The Morgan fingerprint density at radius 3 is 2.52 bits per heavy atom. The molecule has 142 valence electrons. The molecular weight excluding hydrogens is 424 g/mol. The third kappa shape index (κ3) is 3.93. The molecule has 0 fully saturated rings. The Hall–Kier alpha value is -1.76. The molecule has 1 heterocycles. The smallest absolute Gasteiger partial charge is 0.162 e. The summed E-state index contributed by atoms with van der Waals surface area (Å²) in [6, 6.07) is 12.1. The van der Waals surface area contributed by atoms with Gasteiger partial charge in [0.2, 0.25) is 0 Å². The minimum absolute atomic E-state index is 0.0194. The third-order valence-electron chi connectivity index (χ3n) is 4.58. The van der Waals surface area contributed by atoms with Crippen LogP contribution in [0.15, 0.2) is 45.8 Å². The van der Waals surface area contributed by atoms with E-state index in [1.807, 2.05) is 50.3 Å². The molecule has 0 aliphatic carbocycles. The zero-order valence-electron chi connectivity index (χ0n) is 15.9. The van der Waals surface area contributed by atoms with Gasteiger partial charge in [0.05, 0.1) is 9.99 Å². The minimum Gasteiger partial charge on any atom is -0.506 e. The summed E-state index contributed by atoms with van der Waals surface area (Å²) in [6.07, 6.45) is 0. The molecule has 0 bridgehead atoms. The van der Waals surface area contributed by atoms with Crippen LogP contribution in [0.25, 0.3) is 10.9 Å². The van der Waals surface area contributed by atoms with Gasteiger partial charge in [-0.3, -0.25) is 4.79 Å². The molecule has 2 aromatic carbocycles. The van der Waals surface area contributed by atoms with Gasteiger partial charge in [-0.2, -0.15) is 0 Å². The van der Waals surface area contributed by atoms with Gasteiger partial charge >= 0.3 is 0 Å². The molecule has 3 aromatic rings. The molecule has 0 amide bonds. The average molecular weight is 447 g/mol. The van der Waals surface area contributed by atoms with Crippen LogP contribution in [0.4, 0.5) is 0 Å². The van der Waals surface area contributed by atoms with Gasteiger partial charge in [-0.15, -0.1) is 11.8 Å². The first-order valence-corrected chi connectivity index (χ1v) is 10.4. The maximum absolute atomic E-state index is 12.6. The highest BCUT2D eigenvalue weighted by Crippen LogP contribution is 2.40. The standard InChI is InChI=1S/C21H23BrN2O2S/c1-13(25)19-18(12-27-14-8-6-5-7-9-14)24(4)17-10-16(22)21(26)15(20(17)19)11-23(2)3/h5-10,26H,11-12H2,1-4H3. The number of fused-ring (bicyclic) bond motifs is 1. The number of phenols is 1. The minimum atomic E-state index is 0.0194. The van der Waals surface area contributed by atoms with E-state index in [0.29, 0.717) is 22.3 Å². The van der Waals surface area contributed by atoms with Crippen molar-refractivity contribution in [3.05, 3.63) is 57.7 Å². The molecule has 0 unspecified atom stereocenters. The summed E-state index contributed by atoms with van der Waals surface area (Å²) >= 11 is 5.17. The number of aryl methyl sites for hydroxylation is 1. The molecule has 4 nitrogen and oxygen atoms in total. The van der Waals surface area contributed by atoms with Crippen LogP contribution in [0, 0.1) is 0 Å². The van der Waals surface area contributed by atoms with Crippen LogP contribution in [0.1, 0.15) is 28.5 Å². The van der Waals surface area contributed by atoms with E-state index in [9.17, 15) is 9.90 Å². The fourth-order valence-corrected chi connectivity index (χ4v) is 4.81. The maximum Gasteiger partial charge on any atom is 0.162 e. The van der Waals surface area contributed by atoms with Crippen LogP contribution >= 0.6 is 27.7 Å².